The Morgan fingerprint density at radius 1 is 1.38 bits per heavy atom. The molecular formula is C13H16N3O5-. The lowest BCUT2D eigenvalue weighted by atomic mass is 10.1. The second-order valence-electron chi connectivity index (χ2n) is 4.40. The van der Waals surface area contributed by atoms with Gasteiger partial charge in [0.15, 0.2) is 0 Å². The third-order valence-electron chi connectivity index (χ3n) is 3.05. The minimum absolute atomic E-state index is 0.0734. The van der Waals surface area contributed by atoms with Gasteiger partial charge in [0, 0.05) is 18.8 Å². The standard InChI is InChI=1S/C13H16N3O5/c1-21-11-3-2-10(16(19)20)12-9(4-5-14-13(11)12)15-6-8(18)7-17/h2-5,8,14-15,17-18H,6-7H2,1H3/q-1. The summed E-state index contributed by atoms with van der Waals surface area (Å²) in [5.74, 6) is 0.474. The monoisotopic (exact) mass is 294 g/mol. The maximum Gasteiger partial charge on any atom is 0.234 e. The van der Waals surface area contributed by atoms with Crippen molar-refractivity contribution >= 4 is 5.69 Å². The Bertz CT molecular complexity index is 651. The molecule has 0 saturated carbocycles. The number of anilines is 1. The summed E-state index contributed by atoms with van der Waals surface area (Å²) in [7, 11) is 1.48. The van der Waals surface area contributed by atoms with Gasteiger partial charge in [-0.05, 0) is 12.1 Å². The summed E-state index contributed by atoms with van der Waals surface area (Å²) in [6.45, 7) is -0.320. The van der Waals surface area contributed by atoms with Gasteiger partial charge in [-0.3, -0.25) is 0 Å². The number of aliphatic hydroxyl groups is 2. The molecule has 1 atom stereocenters. The molecule has 0 bridgehead atoms. The number of hydrogen-bond donors (Lipinski definition) is 4. The lowest BCUT2D eigenvalue weighted by Gasteiger charge is -2.17. The van der Waals surface area contributed by atoms with Crippen molar-refractivity contribution < 1.29 is 14.9 Å². The Labute approximate surface area is 120 Å². The van der Waals surface area contributed by atoms with Crippen LogP contribution in [-0.2, 0) is 0 Å². The summed E-state index contributed by atoms with van der Waals surface area (Å²) >= 11 is 0. The van der Waals surface area contributed by atoms with Crippen molar-refractivity contribution in [2.75, 3.05) is 25.6 Å². The van der Waals surface area contributed by atoms with E-state index in [1.54, 1.807) is 12.3 Å². The topological polar surface area (TPSA) is 127 Å². The third kappa shape index (κ3) is 3.01. The summed E-state index contributed by atoms with van der Waals surface area (Å²) < 4.78 is 5.19. The molecule has 1 unspecified atom stereocenters. The Morgan fingerprint density at radius 2 is 2.14 bits per heavy atom. The zero-order valence-electron chi connectivity index (χ0n) is 11.4. The van der Waals surface area contributed by atoms with Crippen LogP contribution in [0, 0.1) is 10.4 Å². The van der Waals surface area contributed by atoms with Gasteiger partial charge in [0.05, 0.1) is 36.8 Å². The molecule has 21 heavy (non-hydrogen) atoms. The highest BCUT2D eigenvalue weighted by Gasteiger charge is 2.19. The van der Waals surface area contributed by atoms with Gasteiger partial charge in [0.1, 0.15) is 5.75 Å². The fraction of sp³-hybridized carbons (Fsp3) is 0.308. The van der Waals surface area contributed by atoms with Crippen molar-refractivity contribution in [3.63, 3.8) is 0 Å². The SMILES string of the molecule is COc1ccc(=[N+]([O-])[O-])c2c(NCC(O)CO)cc[nH]c1-2. The fourth-order valence-corrected chi connectivity index (χ4v) is 2.04. The Morgan fingerprint density at radius 3 is 2.76 bits per heavy atom. The predicted octanol–water partition coefficient (Wildman–Crippen LogP) is -0.339. The maximum atomic E-state index is 11.2. The summed E-state index contributed by atoms with van der Waals surface area (Å²) in [4.78, 5) is 2.44. The zero-order chi connectivity index (χ0) is 15.4. The first-order valence-corrected chi connectivity index (χ1v) is 6.27. The van der Waals surface area contributed by atoms with Crippen LogP contribution in [0.1, 0.15) is 0 Å². The molecule has 1 aliphatic carbocycles. The van der Waals surface area contributed by atoms with Crippen LogP contribution in [0.25, 0.3) is 11.3 Å². The zero-order valence-corrected chi connectivity index (χ0v) is 11.4. The van der Waals surface area contributed by atoms with E-state index in [9.17, 15) is 15.5 Å². The Hall–Kier alpha value is -2.45. The van der Waals surface area contributed by atoms with Crippen LogP contribution < -0.4 is 20.3 Å². The predicted molar refractivity (Wildman–Crippen MR) is 77.6 cm³/mol. The van der Waals surface area contributed by atoms with Crippen molar-refractivity contribution in [3.8, 4) is 17.0 Å². The highest BCUT2D eigenvalue weighted by atomic mass is 16.8. The number of methoxy groups -OCH3 is 1. The van der Waals surface area contributed by atoms with E-state index >= 15 is 0 Å². The number of fused-ring (bicyclic) bond motifs is 1. The molecule has 114 valence electrons. The largest absolute Gasteiger partial charge is 0.612 e. The molecule has 0 aromatic carbocycles. The van der Waals surface area contributed by atoms with Crippen LogP contribution in [0.2, 0.25) is 0 Å². The van der Waals surface area contributed by atoms with Gasteiger partial charge in [-0.15, -0.1) is 0 Å². The Balaban J connectivity index is 2.57. The number of hydrogen-bond acceptors (Lipinski definition) is 6. The van der Waals surface area contributed by atoms with Crippen LogP contribution in [0.15, 0.2) is 24.4 Å². The van der Waals surface area contributed by atoms with Crippen LogP contribution in [0.3, 0.4) is 0 Å². The third-order valence-corrected chi connectivity index (χ3v) is 3.05. The lowest BCUT2D eigenvalue weighted by molar-refractivity contribution is 0.105. The van der Waals surface area contributed by atoms with Gasteiger partial charge < -0.3 is 35.7 Å². The quantitative estimate of drug-likeness (QED) is 0.559. The van der Waals surface area contributed by atoms with E-state index in [0.29, 0.717) is 22.7 Å². The molecule has 0 radical (unpaired) electrons. The molecule has 0 spiro atoms. The molecule has 0 saturated heterocycles. The van der Waals surface area contributed by atoms with Gasteiger partial charge in [-0.1, -0.05) is 0 Å². The minimum atomic E-state index is -0.950. The van der Waals surface area contributed by atoms with Crippen LogP contribution in [0.5, 0.6) is 5.75 Å². The number of aliphatic hydroxyl groups excluding tert-OH is 2. The number of aromatic nitrogens is 1. The number of nitrogens with one attached hydrogen (secondary N) is 2. The van der Waals surface area contributed by atoms with E-state index in [1.807, 2.05) is 0 Å². The van der Waals surface area contributed by atoms with Gasteiger partial charge >= 0.3 is 0 Å². The molecule has 1 aliphatic heterocycles. The molecule has 1 heterocycles. The van der Waals surface area contributed by atoms with E-state index in [4.69, 9.17) is 9.84 Å². The molecule has 0 aromatic heterocycles. The van der Waals surface area contributed by atoms with E-state index in [-0.39, 0.29) is 11.9 Å². The molecule has 8 heteroatoms. The van der Waals surface area contributed by atoms with Crippen molar-refractivity contribution in [3.05, 3.63) is 40.2 Å². The van der Waals surface area contributed by atoms with Gasteiger partial charge in [-0.2, -0.15) is 4.90 Å². The minimum Gasteiger partial charge on any atom is -0.612 e. The maximum absolute atomic E-state index is 11.2. The summed E-state index contributed by atoms with van der Waals surface area (Å²) in [5.41, 5.74) is 1.31. The van der Waals surface area contributed by atoms with E-state index in [1.165, 1.54) is 19.2 Å². The first kappa shape index (κ1) is 14.9. The van der Waals surface area contributed by atoms with Crippen molar-refractivity contribution in [2.24, 2.45) is 0 Å². The van der Waals surface area contributed by atoms with E-state index in [0.717, 1.165) is 0 Å². The normalized spacial score (nSPS) is 12.1. The number of pyridine rings is 1. The molecule has 8 nitrogen and oxygen atoms in total. The number of rotatable bonds is 5. The summed E-state index contributed by atoms with van der Waals surface area (Å²) in [5, 5.41) is 43.4. The average Bonchev–Trinajstić information content (AvgIpc) is 2.50. The summed E-state index contributed by atoms with van der Waals surface area (Å²) in [6.07, 6.45) is 0.663. The second kappa shape index (κ2) is 6.33. The van der Waals surface area contributed by atoms with Crippen LogP contribution in [-0.4, -0.2) is 41.6 Å². The molecule has 4 N–H and O–H groups in total. The number of nitrogens with zero attached hydrogens (tertiary/aromatic N) is 1. The van der Waals surface area contributed by atoms with Crippen LogP contribution >= 0.6 is 0 Å². The summed E-state index contributed by atoms with van der Waals surface area (Å²) in [6, 6.07) is 4.50. The Kier molecular flexibility index (Phi) is 4.51. The van der Waals surface area contributed by atoms with Crippen LogP contribution in [0.4, 0.5) is 5.69 Å². The van der Waals surface area contributed by atoms with Crippen molar-refractivity contribution in [1.82, 2.24) is 9.89 Å². The highest BCUT2D eigenvalue weighted by molar-refractivity contribution is 5.80. The number of ether oxygens (including phenoxy) is 1. The van der Waals surface area contributed by atoms with Gasteiger partial charge in [0.2, 0.25) is 5.36 Å². The molecule has 2 aliphatic rings. The molecule has 2 rings (SSSR count). The lowest BCUT2D eigenvalue weighted by Crippen LogP contribution is -2.26. The molecule has 0 aromatic rings. The van der Waals surface area contributed by atoms with Gasteiger partial charge in [0.25, 0.3) is 0 Å². The van der Waals surface area contributed by atoms with Crippen molar-refractivity contribution in [1.29, 1.82) is 0 Å². The number of H-pyrrole nitrogens is 1. The number of aromatic amines is 1. The fourth-order valence-electron chi connectivity index (χ4n) is 2.04. The second-order valence-corrected chi connectivity index (χ2v) is 4.40. The highest BCUT2D eigenvalue weighted by Crippen LogP contribution is 2.31. The van der Waals surface area contributed by atoms with Gasteiger partial charge in [-0.25, -0.2) is 0 Å². The molecular weight excluding hydrogens is 278 g/mol. The van der Waals surface area contributed by atoms with E-state index < -0.39 is 17.6 Å². The van der Waals surface area contributed by atoms with Crippen molar-refractivity contribution in [2.45, 2.75) is 6.10 Å². The smallest absolute Gasteiger partial charge is 0.234 e. The first-order valence-electron chi connectivity index (χ1n) is 6.27. The average molecular weight is 294 g/mol. The first-order chi connectivity index (χ1) is 10.1. The molecule has 0 amide bonds. The number of benzene rings is 1. The molecule has 0 fully saturated rings. The van der Waals surface area contributed by atoms with E-state index in [2.05, 4.69) is 10.3 Å².